The van der Waals surface area contributed by atoms with Gasteiger partial charge in [-0.15, -0.1) is 0 Å². The van der Waals surface area contributed by atoms with Gasteiger partial charge in [-0.3, -0.25) is 9.69 Å². The maximum atomic E-state index is 11.4. The summed E-state index contributed by atoms with van der Waals surface area (Å²) in [7, 11) is 0. The van der Waals surface area contributed by atoms with Gasteiger partial charge in [0.05, 0.1) is 0 Å². The number of carbonyl (C=O) groups excluding carboxylic acids is 1. The standard InChI is InChI=1S/C18H21NO5.C2HF3O2/c1-10(20)24-13-2-3-16-18(17(13)21)4-5-19(16)8-11-6-14-15(7-12(11)18)23-9-22-14;3-2(4,5)1(6)7/h6-7,13,16-17,21H,2-5,8-9H2,1H3;(H,6,7)/t13-,16-,17-,18-;/m0./s1. The summed E-state index contributed by atoms with van der Waals surface area (Å²) >= 11 is 0. The van der Waals surface area contributed by atoms with Crippen molar-refractivity contribution in [1.29, 1.82) is 0 Å². The number of esters is 1. The van der Waals surface area contributed by atoms with Gasteiger partial charge in [0.25, 0.3) is 0 Å². The highest BCUT2D eigenvalue weighted by Crippen LogP contribution is 2.55. The first kappa shape index (κ1) is 21.7. The van der Waals surface area contributed by atoms with Crippen molar-refractivity contribution in [3.63, 3.8) is 0 Å². The van der Waals surface area contributed by atoms with Crippen LogP contribution in [0.5, 0.6) is 11.5 Å². The lowest BCUT2D eigenvalue weighted by atomic mass is 9.61. The summed E-state index contributed by atoms with van der Waals surface area (Å²) in [5.74, 6) is -1.55. The van der Waals surface area contributed by atoms with E-state index < -0.39 is 24.4 Å². The van der Waals surface area contributed by atoms with E-state index in [1.165, 1.54) is 12.5 Å². The first-order valence-corrected chi connectivity index (χ1v) is 9.86. The van der Waals surface area contributed by atoms with Crippen molar-refractivity contribution in [2.45, 2.75) is 62.6 Å². The molecule has 2 bridgehead atoms. The van der Waals surface area contributed by atoms with E-state index in [4.69, 9.17) is 24.1 Å². The Morgan fingerprint density at radius 2 is 1.87 bits per heavy atom. The Morgan fingerprint density at radius 3 is 2.48 bits per heavy atom. The van der Waals surface area contributed by atoms with Crippen LogP contribution in [0, 0.1) is 0 Å². The molecule has 170 valence electrons. The zero-order valence-corrected chi connectivity index (χ0v) is 16.6. The van der Waals surface area contributed by atoms with Gasteiger partial charge >= 0.3 is 18.1 Å². The quantitative estimate of drug-likeness (QED) is 0.633. The largest absolute Gasteiger partial charge is 0.490 e. The maximum Gasteiger partial charge on any atom is 0.490 e. The van der Waals surface area contributed by atoms with Crippen molar-refractivity contribution in [1.82, 2.24) is 4.90 Å². The van der Waals surface area contributed by atoms with Gasteiger partial charge in [-0.25, -0.2) is 4.79 Å². The van der Waals surface area contributed by atoms with E-state index in [1.807, 2.05) is 6.07 Å². The first-order chi connectivity index (χ1) is 14.5. The predicted octanol–water partition coefficient (Wildman–Crippen LogP) is 1.96. The molecule has 5 rings (SSSR count). The zero-order valence-electron chi connectivity index (χ0n) is 16.6. The Labute approximate surface area is 175 Å². The number of ether oxygens (including phenoxy) is 3. The molecule has 31 heavy (non-hydrogen) atoms. The van der Waals surface area contributed by atoms with Gasteiger partial charge in [0.2, 0.25) is 6.79 Å². The van der Waals surface area contributed by atoms with E-state index in [-0.39, 0.29) is 18.2 Å². The van der Waals surface area contributed by atoms with Gasteiger partial charge in [-0.1, -0.05) is 0 Å². The number of fused-ring (bicyclic) bond motifs is 2. The number of aliphatic carboxylic acids is 1. The molecule has 1 aliphatic carbocycles. The van der Waals surface area contributed by atoms with Crippen LogP contribution in [0.3, 0.4) is 0 Å². The Kier molecular flexibility index (Phi) is 5.29. The summed E-state index contributed by atoms with van der Waals surface area (Å²) in [5, 5.41) is 18.3. The molecular weight excluding hydrogens is 423 g/mol. The summed E-state index contributed by atoms with van der Waals surface area (Å²) in [4.78, 5) is 22.8. The van der Waals surface area contributed by atoms with Gasteiger partial charge in [-0.2, -0.15) is 13.2 Å². The monoisotopic (exact) mass is 445 g/mol. The van der Waals surface area contributed by atoms with E-state index in [0.29, 0.717) is 12.5 Å². The molecular formula is C20H22F3NO7. The molecule has 1 unspecified atom stereocenters. The molecule has 3 heterocycles. The molecule has 0 aromatic heterocycles. The molecule has 1 aromatic rings. The third-order valence-electron chi connectivity index (χ3n) is 6.49. The number of hydrogen-bond donors (Lipinski definition) is 2. The smallest absolute Gasteiger partial charge is 0.475 e. The number of hydrogen-bond acceptors (Lipinski definition) is 7. The summed E-state index contributed by atoms with van der Waals surface area (Å²) in [5.41, 5.74) is 1.96. The van der Waals surface area contributed by atoms with Crippen LogP contribution >= 0.6 is 0 Å². The number of aliphatic hydroxyl groups excluding tert-OH is 1. The Bertz CT molecular complexity index is 905. The number of rotatable bonds is 1. The highest BCUT2D eigenvalue weighted by Gasteiger charge is 2.61. The second-order valence-electron chi connectivity index (χ2n) is 8.11. The molecule has 3 aliphatic heterocycles. The van der Waals surface area contributed by atoms with Crippen LogP contribution in [0.1, 0.15) is 37.3 Å². The number of halogens is 3. The van der Waals surface area contributed by atoms with E-state index in [2.05, 4.69) is 11.0 Å². The summed E-state index contributed by atoms with van der Waals surface area (Å²) in [6.07, 6.45) is -3.69. The molecule has 1 saturated heterocycles. The number of carboxylic acid groups (broad SMARTS) is 1. The number of alkyl halides is 3. The van der Waals surface area contributed by atoms with Crippen LogP contribution in [-0.2, 0) is 26.3 Å². The third kappa shape index (κ3) is 3.59. The highest BCUT2D eigenvalue weighted by molar-refractivity contribution is 5.73. The third-order valence-corrected chi connectivity index (χ3v) is 6.49. The van der Waals surface area contributed by atoms with Crippen LogP contribution in [0.2, 0.25) is 0 Å². The predicted molar refractivity (Wildman–Crippen MR) is 97.5 cm³/mol. The zero-order chi connectivity index (χ0) is 22.6. The average Bonchev–Trinajstić information content (AvgIpc) is 3.24. The number of carbonyl (C=O) groups is 2. The maximum absolute atomic E-state index is 11.4. The SMILES string of the molecule is CC(=O)O[C@H]1CC[C@@H]2N3CC[C@@]2(c2cc4c(cc2C3)OCO4)[C@H]1O.O=C(O)C(F)(F)F. The van der Waals surface area contributed by atoms with Gasteiger partial charge in [0, 0.05) is 24.9 Å². The number of carboxylic acids is 1. The minimum atomic E-state index is -5.08. The van der Waals surface area contributed by atoms with Crippen LogP contribution in [0.25, 0.3) is 0 Å². The fourth-order valence-corrected chi connectivity index (χ4v) is 5.34. The van der Waals surface area contributed by atoms with Crippen molar-refractivity contribution < 1.29 is 47.2 Å². The summed E-state index contributed by atoms with van der Waals surface area (Å²) in [6, 6.07) is 4.40. The number of nitrogens with zero attached hydrogens (tertiary/aromatic N) is 1. The van der Waals surface area contributed by atoms with Crippen LogP contribution in [-0.4, -0.2) is 64.8 Å². The molecule has 0 spiro atoms. The molecule has 5 atom stereocenters. The van der Waals surface area contributed by atoms with Crippen LogP contribution in [0.15, 0.2) is 12.1 Å². The number of benzene rings is 1. The Balaban J connectivity index is 0.000000289. The minimum Gasteiger partial charge on any atom is -0.475 e. The fraction of sp³-hybridized carbons (Fsp3) is 0.600. The van der Waals surface area contributed by atoms with E-state index >= 15 is 0 Å². The summed E-state index contributed by atoms with van der Waals surface area (Å²) < 4.78 is 48.3. The van der Waals surface area contributed by atoms with Crippen molar-refractivity contribution in [3.8, 4) is 11.5 Å². The van der Waals surface area contributed by atoms with Crippen molar-refractivity contribution in [2.24, 2.45) is 0 Å². The van der Waals surface area contributed by atoms with Crippen molar-refractivity contribution in [2.75, 3.05) is 13.3 Å². The first-order valence-electron chi connectivity index (χ1n) is 9.86. The molecule has 0 radical (unpaired) electrons. The molecule has 8 nitrogen and oxygen atoms in total. The molecule has 4 aliphatic rings. The van der Waals surface area contributed by atoms with E-state index in [9.17, 15) is 23.1 Å². The molecule has 0 amide bonds. The second kappa shape index (κ2) is 7.56. The van der Waals surface area contributed by atoms with Gasteiger partial charge in [-0.05, 0) is 49.1 Å². The average molecular weight is 445 g/mol. The Morgan fingerprint density at radius 1 is 1.23 bits per heavy atom. The highest BCUT2D eigenvalue weighted by atomic mass is 19.4. The Hall–Kier alpha value is -2.53. The van der Waals surface area contributed by atoms with E-state index in [0.717, 1.165) is 43.0 Å². The fourth-order valence-electron chi connectivity index (χ4n) is 5.34. The van der Waals surface area contributed by atoms with E-state index in [1.54, 1.807) is 0 Å². The number of aliphatic hydroxyl groups is 1. The van der Waals surface area contributed by atoms with Crippen LogP contribution < -0.4 is 9.47 Å². The van der Waals surface area contributed by atoms with Gasteiger partial charge < -0.3 is 24.4 Å². The van der Waals surface area contributed by atoms with Gasteiger partial charge in [0.1, 0.15) is 12.2 Å². The van der Waals surface area contributed by atoms with Crippen molar-refractivity contribution in [3.05, 3.63) is 23.3 Å². The van der Waals surface area contributed by atoms with Crippen LogP contribution in [0.4, 0.5) is 13.2 Å². The normalized spacial score (nSPS) is 32.3. The lowest BCUT2D eigenvalue weighted by molar-refractivity contribution is -0.192. The summed E-state index contributed by atoms with van der Waals surface area (Å²) in [6.45, 7) is 3.49. The molecule has 1 saturated carbocycles. The lowest BCUT2D eigenvalue weighted by Gasteiger charge is -2.51. The molecule has 1 aromatic carbocycles. The topological polar surface area (TPSA) is 106 Å². The minimum absolute atomic E-state index is 0.247. The molecule has 11 heteroatoms. The molecule has 2 fully saturated rings. The lowest BCUT2D eigenvalue weighted by Crippen LogP contribution is -2.60. The van der Waals surface area contributed by atoms with Gasteiger partial charge in [0.15, 0.2) is 11.5 Å². The molecule has 2 N–H and O–H groups in total. The van der Waals surface area contributed by atoms with Crippen molar-refractivity contribution >= 4 is 11.9 Å². The second-order valence-corrected chi connectivity index (χ2v) is 8.11.